The number of hydrogen-bond acceptors (Lipinski definition) is 4. The van der Waals surface area contributed by atoms with Crippen molar-refractivity contribution in [3.05, 3.63) is 53.6 Å². The van der Waals surface area contributed by atoms with Crippen LogP contribution in [0.1, 0.15) is 21.6 Å². The Labute approximate surface area is 99.3 Å². The molecule has 0 saturated carbocycles. The summed E-state index contributed by atoms with van der Waals surface area (Å²) >= 11 is 0. The number of methoxy groups -OCH3 is 1. The summed E-state index contributed by atoms with van der Waals surface area (Å²) in [5.74, 6) is 0.634. The van der Waals surface area contributed by atoms with Crippen molar-refractivity contribution in [2.45, 2.75) is 6.92 Å². The minimum atomic E-state index is -0.104. The van der Waals surface area contributed by atoms with E-state index in [0.717, 1.165) is 11.3 Å². The van der Waals surface area contributed by atoms with Gasteiger partial charge in [0.25, 0.3) is 0 Å². The van der Waals surface area contributed by atoms with Crippen molar-refractivity contribution in [3.63, 3.8) is 0 Å². The van der Waals surface area contributed by atoms with Gasteiger partial charge < -0.3 is 4.74 Å². The maximum atomic E-state index is 12.1. The first kappa shape index (κ1) is 11.3. The van der Waals surface area contributed by atoms with Crippen LogP contribution >= 0.6 is 0 Å². The molecule has 0 aliphatic heterocycles. The van der Waals surface area contributed by atoms with Crippen LogP contribution in [-0.4, -0.2) is 22.9 Å². The average molecular weight is 228 g/mol. The quantitative estimate of drug-likeness (QED) is 0.754. The standard InChI is InChI=1S/C13H12N2O2/c1-9-7-10(17-2)3-4-11(9)13(16)12-5-6-14-8-15-12/h3-8H,1-2H3. The van der Waals surface area contributed by atoms with Gasteiger partial charge in [0, 0.05) is 11.8 Å². The number of aromatic nitrogens is 2. The third kappa shape index (κ3) is 2.30. The summed E-state index contributed by atoms with van der Waals surface area (Å²) in [7, 11) is 1.60. The Hall–Kier alpha value is -2.23. The van der Waals surface area contributed by atoms with Gasteiger partial charge in [-0.3, -0.25) is 4.79 Å². The second-order valence-electron chi connectivity index (χ2n) is 3.60. The highest BCUT2D eigenvalue weighted by Crippen LogP contribution is 2.18. The summed E-state index contributed by atoms with van der Waals surface area (Å²) in [5.41, 5.74) is 1.89. The Bertz CT molecular complexity index is 538. The summed E-state index contributed by atoms with van der Waals surface area (Å²) in [4.78, 5) is 19.9. The first-order valence-corrected chi connectivity index (χ1v) is 5.17. The van der Waals surface area contributed by atoms with E-state index < -0.39 is 0 Å². The number of rotatable bonds is 3. The van der Waals surface area contributed by atoms with Crippen LogP contribution in [0.2, 0.25) is 0 Å². The molecule has 0 aliphatic carbocycles. The third-order valence-electron chi connectivity index (χ3n) is 2.49. The lowest BCUT2D eigenvalue weighted by Crippen LogP contribution is -2.06. The molecule has 0 N–H and O–H groups in total. The molecule has 1 aromatic heterocycles. The zero-order valence-electron chi connectivity index (χ0n) is 9.68. The van der Waals surface area contributed by atoms with Crippen LogP contribution in [0.5, 0.6) is 5.75 Å². The van der Waals surface area contributed by atoms with E-state index in [-0.39, 0.29) is 5.78 Å². The molecule has 0 unspecified atom stereocenters. The van der Waals surface area contributed by atoms with Crippen molar-refractivity contribution in [1.29, 1.82) is 0 Å². The molecular weight excluding hydrogens is 216 g/mol. The molecule has 0 saturated heterocycles. The van der Waals surface area contributed by atoms with Gasteiger partial charge in [0.15, 0.2) is 0 Å². The molecule has 0 bridgehead atoms. The predicted octanol–water partition coefficient (Wildman–Crippen LogP) is 2.02. The number of benzene rings is 1. The number of carbonyl (C=O) groups is 1. The number of aryl methyl sites for hydroxylation is 1. The number of hydrogen-bond donors (Lipinski definition) is 0. The van der Waals surface area contributed by atoms with E-state index in [1.165, 1.54) is 6.33 Å². The molecule has 2 rings (SSSR count). The molecule has 2 aromatic rings. The van der Waals surface area contributed by atoms with Crippen LogP contribution in [-0.2, 0) is 0 Å². The van der Waals surface area contributed by atoms with Crippen molar-refractivity contribution in [2.75, 3.05) is 7.11 Å². The van der Waals surface area contributed by atoms with Crippen LogP contribution < -0.4 is 4.74 Å². The maximum absolute atomic E-state index is 12.1. The predicted molar refractivity (Wildman–Crippen MR) is 63.2 cm³/mol. The molecule has 0 amide bonds. The van der Waals surface area contributed by atoms with Gasteiger partial charge in [-0.2, -0.15) is 0 Å². The molecule has 4 nitrogen and oxygen atoms in total. The molecule has 4 heteroatoms. The highest BCUT2D eigenvalue weighted by atomic mass is 16.5. The third-order valence-corrected chi connectivity index (χ3v) is 2.49. The monoisotopic (exact) mass is 228 g/mol. The Morgan fingerprint density at radius 2 is 2.12 bits per heavy atom. The number of ether oxygens (including phenoxy) is 1. The summed E-state index contributed by atoms with van der Waals surface area (Å²) in [6, 6.07) is 6.94. The van der Waals surface area contributed by atoms with E-state index in [1.54, 1.807) is 31.5 Å². The minimum Gasteiger partial charge on any atom is -0.497 e. The normalized spacial score (nSPS) is 10.0. The van der Waals surface area contributed by atoms with E-state index in [0.29, 0.717) is 11.3 Å². The lowest BCUT2D eigenvalue weighted by atomic mass is 10.0. The van der Waals surface area contributed by atoms with Gasteiger partial charge in [0.05, 0.1) is 7.11 Å². The van der Waals surface area contributed by atoms with Gasteiger partial charge in [0.1, 0.15) is 17.8 Å². The smallest absolute Gasteiger partial charge is 0.211 e. The van der Waals surface area contributed by atoms with Crippen molar-refractivity contribution in [3.8, 4) is 5.75 Å². The Morgan fingerprint density at radius 3 is 2.71 bits per heavy atom. The molecule has 86 valence electrons. The zero-order valence-corrected chi connectivity index (χ0v) is 9.68. The second-order valence-corrected chi connectivity index (χ2v) is 3.60. The van der Waals surface area contributed by atoms with Crippen molar-refractivity contribution in [2.24, 2.45) is 0 Å². The van der Waals surface area contributed by atoms with E-state index in [4.69, 9.17) is 4.74 Å². The zero-order chi connectivity index (χ0) is 12.3. The van der Waals surface area contributed by atoms with E-state index in [1.807, 2.05) is 13.0 Å². The number of carbonyl (C=O) groups excluding carboxylic acids is 1. The fourth-order valence-electron chi connectivity index (χ4n) is 1.58. The minimum absolute atomic E-state index is 0.104. The number of nitrogens with zero attached hydrogens (tertiary/aromatic N) is 2. The lowest BCUT2D eigenvalue weighted by Gasteiger charge is -2.06. The number of ketones is 1. The Morgan fingerprint density at radius 1 is 1.29 bits per heavy atom. The molecule has 1 aromatic carbocycles. The molecule has 0 aliphatic rings. The van der Waals surface area contributed by atoms with Gasteiger partial charge in [-0.15, -0.1) is 0 Å². The molecule has 0 atom stereocenters. The Kier molecular flexibility index (Phi) is 3.14. The molecule has 0 fully saturated rings. The average Bonchev–Trinajstić information content (AvgIpc) is 2.39. The maximum Gasteiger partial charge on any atom is 0.211 e. The molecule has 1 heterocycles. The molecule has 0 spiro atoms. The molecule has 0 radical (unpaired) electrons. The van der Waals surface area contributed by atoms with Crippen LogP contribution in [0.25, 0.3) is 0 Å². The SMILES string of the molecule is COc1ccc(C(=O)c2ccncn2)c(C)c1. The van der Waals surface area contributed by atoms with Crippen molar-refractivity contribution < 1.29 is 9.53 Å². The Balaban J connectivity index is 2.38. The van der Waals surface area contributed by atoms with Crippen molar-refractivity contribution >= 4 is 5.78 Å². The van der Waals surface area contributed by atoms with E-state index in [9.17, 15) is 4.79 Å². The topological polar surface area (TPSA) is 52.1 Å². The fourth-order valence-corrected chi connectivity index (χ4v) is 1.58. The first-order valence-electron chi connectivity index (χ1n) is 5.17. The van der Waals surface area contributed by atoms with Gasteiger partial charge in [-0.05, 0) is 36.8 Å². The molecule has 17 heavy (non-hydrogen) atoms. The van der Waals surface area contributed by atoms with Crippen LogP contribution in [0.3, 0.4) is 0 Å². The van der Waals surface area contributed by atoms with Crippen molar-refractivity contribution in [1.82, 2.24) is 9.97 Å². The van der Waals surface area contributed by atoms with Gasteiger partial charge in [-0.25, -0.2) is 9.97 Å². The second kappa shape index (κ2) is 4.74. The highest BCUT2D eigenvalue weighted by Gasteiger charge is 2.13. The van der Waals surface area contributed by atoms with Crippen LogP contribution in [0.15, 0.2) is 36.8 Å². The largest absolute Gasteiger partial charge is 0.497 e. The summed E-state index contributed by atoms with van der Waals surface area (Å²) in [5, 5.41) is 0. The molecular formula is C13H12N2O2. The van der Waals surface area contributed by atoms with Gasteiger partial charge >= 0.3 is 0 Å². The van der Waals surface area contributed by atoms with Crippen LogP contribution in [0, 0.1) is 6.92 Å². The fraction of sp³-hybridized carbons (Fsp3) is 0.154. The summed E-state index contributed by atoms with van der Waals surface area (Å²) in [6.07, 6.45) is 2.92. The van der Waals surface area contributed by atoms with Gasteiger partial charge in [-0.1, -0.05) is 0 Å². The summed E-state index contributed by atoms with van der Waals surface area (Å²) < 4.78 is 5.10. The van der Waals surface area contributed by atoms with Crippen LogP contribution in [0.4, 0.5) is 0 Å². The highest BCUT2D eigenvalue weighted by molar-refractivity contribution is 6.08. The van der Waals surface area contributed by atoms with E-state index >= 15 is 0 Å². The van der Waals surface area contributed by atoms with E-state index in [2.05, 4.69) is 9.97 Å². The first-order chi connectivity index (χ1) is 8.22. The van der Waals surface area contributed by atoms with Gasteiger partial charge in [0.2, 0.25) is 5.78 Å². The lowest BCUT2D eigenvalue weighted by molar-refractivity contribution is 0.103. The summed E-state index contributed by atoms with van der Waals surface area (Å²) in [6.45, 7) is 1.87.